The van der Waals surface area contributed by atoms with E-state index in [1.54, 1.807) is 0 Å². The Hall–Kier alpha value is -0.570. The first-order valence-electron chi connectivity index (χ1n) is 4.86. The van der Waals surface area contributed by atoms with Crippen LogP contribution in [0.25, 0.3) is 0 Å². The monoisotopic (exact) mass is 168 g/mol. The van der Waals surface area contributed by atoms with E-state index >= 15 is 0 Å². The van der Waals surface area contributed by atoms with Gasteiger partial charge in [0.1, 0.15) is 0 Å². The van der Waals surface area contributed by atoms with Crippen LogP contribution >= 0.6 is 0 Å². The molecule has 0 aromatic heterocycles. The molecule has 2 heterocycles. The van der Waals surface area contributed by atoms with Crippen molar-refractivity contribution in [2.45, 2.75) is 31.7 Å². The third kappa shape index (κ3) is 1.61. The van der Waals surface area contributed by atoms with E-state index in [4.69, 9.17) is 0 Å². The predicted molar refractivity (Wildman–Crippen MR) is 46.8 cm³/mol. The molecule has 0 aromatic carbocycles. The van der Waals surface area contributed by atoms with Crippen molar-refractivity contribution in [3.8, 4) is 0 Å². The maximum atomic E-state index is 11.0. The maximum Gasteiger partial charge on any atom is 0.220 e. The maximum absolute atomic E-state index is 11.0. The number of carbonyl (C=O) groups is 1. The van der Waals surface area contributed by atoms with Crippen LogP contribution in [0.1, 0.15) is 25.7 Å². The molecule has 0 saturated carbocycles. The summed E-state index contributed by atoms with van der Waals surface area (Å²) in [7, 11) is 0. The van der Waals surface area contributed by atoms with Gasteiger partial charge in [0.15, 0.2) is 0 Å². The second-order valence-electron chi connectivity index (χ2n) is 3.82. The first kappa shape index (κ1) is 8.05. The van der Waals surface area contributed by atoms with Crippen LogP contribution in [-0.4, -0.2) is 25.0 Å². The van der Waals surface area contributed by atoms with Crippen LogP contribution in [0.4, 0.5) is 0 Å². The highest BCUT2D eigenvalue weighted by Gasteiger charge is 2.29. The minimum atomic E-state index is 0.229. The summed E-state index contributed by atoms with van der Waals surface area (Å²) < 4.78 is 0. The van der Waals surface area contributed by atoms with Gasteiger partial charge in [-0.2, -0.15) is 0 Å². The summed E-state index contributed by atoms with van der Waals surface area (Å²) in [6, 6.07) is 0.595. The van der Waals surface area contributed by atoms with E-state index in [9.17, 15) is 4.79 Å². The zero-order chi connectivity index (χ0) is 8.39. The summed E-state index contributed by atoms with van der Waals surface area (Å²) in [6.45, 7) is 2.02. The fourth-order valence-electron chi connectivity index (χ4n) is 2.19. The van der Waals surface area contributed by atoms with E-state index in [1.165, 1.54) is 19.3 Å². The van der Waals surface area contributed by atoms with Crippen LogP contribution in [0.3, 0.4) is 0 Å². The number of rotatable bonds is 1. The zero-order valence-electron chi connectivity index (χ0n) is 7.31. The molecule has 2 N–H and O–H groups in total. The highest BCUT2D eigenvalue weighted by Crippen LogP contribution is 2.20. The minimum absolute atomic E-state index is 0.229. The Balaban J connectivity index is 1.86. The summed E-state index contributed by atoms with van der Waals surface area (Å²) in [4.78, 5) is 11.0. The Morgan fingerprint density at radius 1 is 1.33 bits per heavy atom. The minimum Gasteiger partial charge on any atom is -0.356 e. The zero-order valence-corrected chi connectivity index (χ0v) is 7.31. The molecule has 2 aliphatic rings. The van der Waals surface area contributed by atoms with Gasteiger partial charge in [0.2, 0.25) is 5.91 Å². The lowest BCUT2D eigenvalue weighted by Gasteiger charge is -2.27. The quantitative estimate of drug-likeness (QED) is 0.590. The highest BCUT2D eigenvalue weighted by atomic mass is 16.1. The molecule has 3 nitrogen and oxygen atoms in total. The molecule has 1 amide bonds. The van der Waals surface area contributed by atoms with E-state index in [0.717, 1.165) is 19.5 Å². The molecule has 2 saturated heterocycles. The summed E-state index contributed by atoms with van der Waals surface area (Å²) in [6.07, 6.45) is 4.60. The molecule has 2 rings (SSSR count). The molecule has 0 spiro atoms. The molecule has 0 aromatic rings. The van der Waals surface area contributed by atoms with E-state index in [2.05, 4.69) is 10.6 Å². The van der Waals surface area contributed by atoms with Crippen molar-refractivity contribution in [3.63, 3.8) is 0 Å². The van der Waals surface area contributed by atoms with Gasteiger partial charge in [-0.05, 0) is 19.4 Å². The molecular formula is C9H16N2O. The molecule has 2 atom stereocenters. The number of nitrogens with one attached hydrogen (secondary N) is 2. The smallest absolute Gasteiger partial charge is 0.220 e. The first-order chi connectivity index (χ1) is 5.86. The summed E-state index contributed by atoms with van der Waals surface area (Å²) >= 11 is 0. The average Bonchev–Trinajstić information content (AvgIpc) is 2.54. The topological polar surface area (TPSA) is 41.1 Å². The Labute approximate surface area is 72.9 Å². The average molecular weight is 168 g/mol. The van der Waals surface area contributed by atoms with Gasteiger partial charge >= 0.3 is 0 Å². The van der Waals surface area contributed by atoms with Crippen molar-refractivity contribution >= 4 is 5.91 Å². The van der Waals surface area contributed by atoms with Crippen molar-refractivity contribution in [2.24, 2.45) is 5.92 Å². The van der Waals surface area contributed by atoms with E-state index in [1.807, 2.05) is 0 Å². The van der Waals surface area contributed by atoms with Crippen molar-refractivity contribution in [2.75, 3.05) is 13.1 Å². The SMILES string of the molecule is O=C1C[C@@H]([C@@H]2CCCCN2)CN1. The van der Waals surface area contributed by atoms with Gasteiger partial charge in [-0.25, -0.2) is 0 Å². The number of piperidine rings is 1. The van der Waals surface area contributed by atoms with Crippen LogP contribution in [0.5, 0.6) is 0 Å². The number of amides is 1. The van der Waals surface area contributed by atoms with Crippen molar-refractivity contribution in [1.29, 1.82) is 0 Å². The molecule has 0 unspecified atom stereocenters. The second kappa shape index (κ2) is 3.44. The molecule has 12 heavy (non-hydrogen) atoms. The van der Waals surface area contributed by atoms with Gasteiger partial charge < -0.3 is 10.6 Å². The van der Waals surface area contributed by atoms with Crippen molar-refractivity contribution in [1.82, 2.24) is 10.6 Å². The molecule has 68 valence electrons. The van der Waals surface area contributed by atoms with Crippen LogP contribution in [0.2, 0.25) is 0 Å². The van der Waals surface area contributed by atoms with Gasteiger partial charge in [0, 0.05) is 24.9 Å². The molecule has 2 aliphatic heterocycles. The fraction of sp³-hybridized carbons (Fsp3) is 0.889. The third-order valence-corrected chi connectivity index (χ3v) is 2.93. The summed E-state index contributed by atoms with van der Waals surface area (Å²) in [5.41, 5.74) is 0. The Morgan fingerprint density at radius 3 is 2.83 bits per heavy atom. The largest absolute Gasteiger partial charge is 0.356 e. The lowest BCUT2D eigenvalue weighted by atomic mass is 9.91. The summed E-state index contributed by atoms with van der Waals surface area (Å²) in [5, 5.41) is 6.38. The first-order valence-corrected chi connectivity index (χ1v) is 4.86. The van der Waals surface area contributed by atoms with Gasteiger partial charge in [0.25, 0.3) is 0 Å². The molecule has 0 bridgehead atoms. The van der Waals surface area contributed by atoms with E-state index < -0.39 is 0 Å². The predicted octanol–water partition coefficient (Wildman–Crippen LogP) is 0.265. The van der Waals surface area contributed by atoms with Gasteiger partial charge in [-0.15, -0.1) is 0 Å². The molecule has 3 heteroatoms. The number of hydrogen-bond donors (Lipinski definition) is 2. The highest BCUT2D eigenvalue weighted by molar-refractivity contribution is 5.78. The van der Waals surface area contributed by atoms with Crippen LogP contribution in [0.15, 0.2) is 0 Å². The third-order valence-electron chi connectivity index (χ3n) is 2.93. The number of hydrogen-bond acceptors (Lipinski definition) is 2. The van der Waals surface area contributed by atoms with Gasteiger partial charge in [0.05, 0.1) is 0 Å². The lowest BCUT2D eigenvalue weighted by molar-refractivity contribution is -0.119. The van der Waals surface area contributed by atoms with Gasteiger partial charge in [-0.3, -0.25) is 4.79 Å². The van der Waals surface area contributed by atoms with E-state index in [0.29, 0.717) is 12.0 Å². The van der Waals surface area contributed by atoms with Crippen LogP contribution < -0.4 is 10.6 Å². The summed E-state index contributed by atoms with van der Waals surface area (Å²) in [5.74, 6) is 0.783. The van der Waals surface area contributed by atoms with Gasteiger partial charge in [-0.1, -0.05) is 6.42 Å². The van der Waals surface area contributed by atoms with Crippen molar-refractivity contribution < 1.29 is 4.79 Å². The normalized spacial score (nSPS) is 36.5. The molecular weight excluding hydrogens is 152 g/mol. The number of carbonyl (C=O) groups excluding carboxylic acids is 1. The van der Waals surface area contributed by atoms with Crippen molar-refractivity contribution in [3.05, 3.63) is 0 Å². The molecule has 0 radical (unpaired) electrons. The Morgan fingerprint density at radius 2 is 2.25 bits per heavy atom. The standard InChI is InChI=1S/C9H16N2O/c12-9-5-7(6-11-9)8-3-1-2-4-10-8/h7-8,10H,1-6H2,(H,11,12)/t7-,8+/m1/s1. The van der Waals surface area contributed by atoms with Crippen LogP contribution in [0, 0.1) is 5.92 Å². The van der Waals surface area contributed by atoms with E-state index in [-0.39, 0.29) is 5.91 Å². The molecule has 2 fully saturated rings. The van der Waals surface area contributed by atoms with Crippen LogP contribution in [-0.2, 0) is 4.79 Å². The Kier molecular flexibility index (Phi) is 2.30. The fourth-order valence-corrected chi connectivity index (χ4v) is 2.19. The second-order valence-corrected chi connectivity index (χ2v) is 3.82. The lowest BCUT2D eigenvalue weighted by Crippen LogP contribution is -2.40. The molecule has 0 aliphatic carbocycles. The Bertz CT molecular complexity index is 175.